The summed E-state index contributed by atoms with van der Waals surface area (Å²) in [6.45, 7) is 0. The van der Waals surface area contributed by atoms with Gasteiger partial charge in [-0.3, -0.25) is 15.1 Å². The lowest BCUT2D eigenvalue weighted by molar-refractivity contribution is -0.384. The number of nitrogens with one attached hydrogen (secondary N) is 1. The van der Waals surface area contributed by atoms with E-state index < -0.39 is 4.92 Å². The molecule has 0 amide bonds. The first kappa shape index (κ1) is 14.1. The van der Waals surface area contributed by atoms with Crippen LogP contribution in [-0.2, 0) is 0 Å². The number of nitrogens with zero attached hydrogens (tertiary/aromatic N) is 2. The van der Waals surface area contributed by atoms with Crippen molar-refractivity contribution in [3.05, 3.63) is 83.0 Å². The van der Waals surface area contributed by atoms with E-state index in [1.54, 1.807) is 18.3 Å². The Balaban J connectivity index is 1.84. The van der Waals surface area contributed by atoms with Crippen molar-refractivity contribution in [2.24, 2.45) is 0 Å². The van der Waals surface area contributed by atoms with Crippen LogP contribution in [0.15, 0.2) is 72.9 Å². The van der Waals surface area contributed by atoms with E-state index in [9.17, 15) is 10.1 Å². The molecule has 0 saturated heterocycles. The number of nitro groups is 1. The lowest BCUT2D eigenvalue weighted by atomic mass is 10.0. The molecule has 3 aromatic carbocycles. The summed E-state index contributed by atoms with van der Waals surface area (Å²) in [7, 11) is 0. The Morgan fingerprint density at radius 3 is 2.42 bits per heavy atom. The molecule has 0 aliphatic carbocycles. The molecule has 0 saturated carbocycles. The van der Waals surface area contributed by atoms with Crippen molar-refractivity contribution in [2.45, 2.75) is 0 Å². The molecule has 116 valence electrons. The maximum absolute atomic E-state index is 10.8. The summed E-state index contributed by atoms with van der Waals surface area (Å²) in [5.41, 5.74) is 2.72. The van der Waals surface area contributed by atoms with Gasteiger partial charge in [0.05, 0.1) is 10.4 Å². The van der Waals surface area contributed by atoms with Gasteiger partial charge in [-0.15, -0.1) is 0 Å². The molecule has 1 heterocycles. The molecule has 0 unspecified atom stereocenters. The molecule has 5 heteroatoms. The molecule has 5 nitrogen and oxygen atoms in total. The number of hydrogen-bond acceptors (Lipinski definition) is 4. The van der Waals surface area contributed by atoms with E-state index in [0.717, 1.165) is 33.1 Å². The van der Waals surface area contributed by atoms with E-state index in [4.69, 9.17) is 0 Å². The number of aromatic nitrogens is 1. The topological polar surface area (TPSA) is 68.1 Å². The molecule has 24 heavy (non-hydrogen) atoms. The standard InChI is InChI=1S/C19H13N3O2/c23-22(24)16-10-8-15(9-11-16)21-17-5-1-3-13-6-7-14-4-2-12-20-19(14)18(13)17/h1-12,21H. The van der Waals surface area contributed by atoms with E-state index in [-0.39, 0.29) is 5.69 Å². The summed E-state index contributed by atoms with van der Waals surface area (Å²) >= 11 is 0. The lowest BCUT2D eigenvalue weighted by Crippen LogP contribution is -1.94. The maximum Gasteiger partial charge on any atom is 0.269 e. The van der Waals surface area contributed by atoms with E-state index in [1.807, 2.05) is 30.3 Å². The first-order chi connectivity index (χ1) is 11.7. The average molecular weight is 315 g/mol. The minimum absolute atomic E-state index is 0.0746. The van der Waals surface area contributed by atoms with Crippen molar-refractivity contribution in [1.29, 1.82) is 0 Å². The van der Waals surface area contributed by atoms with Gasteiger partial charge < -0.3 is 5.32 Å². The molecule has 4 aromatic rings. The normalized spacial score (nSPS) is 10.8. The highest BCUT2D eigenvalue weighted by molar-refractivity contribution is 6.12. The second kappa shape index (κ2) is 5.62. The fourth-order valence-electron chi connectivity index (χ4n) is 2.84. The fourth-order valence-corrected chi connectivity index (χ4v) is 2.84. The van der Waals surface area contributed by atoms with Crippen LogP contribution in [0.3, 0.4) is 0 Å². The highest BCUT2D eigenvalue weighted by Crippen LogP contribution is 2.32. The van der Waals surface area contributed by atoms with Gasteiger partial charge in [-0.2, -0.15) is 0 Å². The molecular weight excluding hydrogens is 302 g/mol. The molecule has 0 aliphatic rings. The number of anilines is 2. The van der Waals surface area contributed by atoms with Gasteiger partial charge in [0.2, 0.25) is 0 Å². The van der Waals surface area contributed by atoms with E-state index in [2.05, 4.69) is 22.4 Å². The zero-order valence-corrected chi connectivity index (χ0v) is 12.6. The van der Waals surface area contributed by atoms with Gasteiger partial charge in [0.15, 0.2) is 0 Å². The first-order valence-electron chi connectivity index (χ1n) is 7.50. The monoisotopic (exact) mass is 315 g/mol. The molecular formula is C19H13N3O2. The predicted octanol–water partition coefficient (Wildman–Crippen LogP) is 5.04. The number of benzene rings is 3. The Bertz CT molecular complexity index is 1060. The van der Waals surface area contributed by atoms with Crippen LogP contribution in [0.1, 0.15) is 0 Å². The Hall–Kier alpha value is -3.47. The molecule has 0 fully saturated rings. The Kier molecular flexibility index (Phi) is 3.31. The zero-order chi connectivity index (χ0) is 16.5. The molecule has 0 radical (unpaired) electrons. The quantitative estimate of drug-likeness (QED) is 0.327. The minimum atomic E-state index is -0.404. The molecule has 1 aromatic heterocycles. The van der Waals surface area contributed by atoms with Crippen LogP contribution < -0.4 is 5.32 Å². The summed E-state index contributed by atoms with van der Waals surface area (Å²) in [6.07, 6.45) is 1.78. The Labute approximate surface area is 137 Å². The molecule has 0 bridgehead atoms. The fraction of sp³-hybridized carbons (Fsp3) is 0. The average Bonchev–Trinajstić information content (AvgIpc) is 2.62. The van der Waals surface area contributed by atoms with Crippen molar-refractivity contribution in [2.75, 3.05) is 5.32 Å². The van der Waals surface area contributed by atoms with Gasteiger partial charge in [0.1, 0.15) is 0 Å². The van der Waals surface area contributed by atoms with Crippen molar-refractivity contribution < 1.29 is 4.92 Å². The molecule has 0 spiro atoms. The van der Waals surface area contributed by atoms with Crippen LogP contribution in [0.4, 0.5) is 17.1 Å². The van der Waals surface area contributed by atoms with Gasteiger partial charge in [0.25, 0.3) is 5.69 Å². The minimum Gasteiger partial charge on any atom is -0.355 e. The van der Waals surface area contributed by atoms with E-state index >= 15 is 0 Å². The van der Waals surface area contributed by atoms with E-state index in [0.29, 0.717) is 0 Å². The lowest BCUT2D eigenvalue weighted by Gasteiger charge is -2.11. The van der Waals surface area contributed by atoms with Gasteiger partial charge >= 0.3 is 0 Å². The van der Waals surface area contributed by atoms with Crippen molar-refractivity contribution in [3.63, 3.8) is 0 Å². The van der Waals surface area contributed by atoms with Crippen LogP contribution in [0.2, 0.25) is 0 Å². The zero-order valence-electron chi connectivity index (χ0n) is 12.6. The molecule has 0 aliphatic heterocycles. The van der Waals surface area contributed by atoms with Crippen LogP contribution in [-0.4, -0.2) is 9.91 Å². The highest BCUT2D eigenvalue weighted by Gasteiger charge is 2.08. The third-order valence-electron chi connectivity index (χ3n) is 3.97. The second-order valence-corrected chi connectivity index (χ2v) is 5.47. The summed E-state index contributed by atoms with van der Waals surface area (Å²) in [5.74, 6) is 0. The number of hydrogen-bond donors (Lipinski definition) is 1. The van der Waals surface area contributed by atoms with Crippen LogP contribution >= 0.6 is 0 Å². The van der Waals surface area contributed by atoms with Crippen molar-refractivity contribution in [3.8, 4) is 0 Å². The van der Waals surface area contributed by atoms with Gasteiger partial charge in [0, 0.05) is 40.5 Å². The first-order valence-corrected chi connectivity index (χ1v) is 7.50. The molecule has 1 N–H and O–H groups in total. The predicted molar refractivity (Wildman–Crippen MR) is 95.6 cm³/mol. The molecule has 4 rings (SSSR count). The third-order valence-corrected chi connectivity index (χ3v) is 3.97. The maximum atomic E-state index is 10.8. The van der Waals surface area contributed by atoms with Crippen molar-refractivity contribution in [1.82, 2.24) is 4.98 Å². The number of nitro benzene ring substituents is 1. The van der Waals surface area contributed by atoms with E-state index in [1.165, 1.54) is 12.1 Å². The number of rotatable bonds is 3. The SMILES string of the molecule is O=[N+]([O-])c1ccc(Nc2cccc3ccc4cccnc4c23)cc1. The van der Waals surface area contributed by atoms with Gasteiger partial charge in [-0.1, -0.05) is 30.3 Å². The largest absolute Gasteiger partial charge is 0.355 e. The smallest absolute Gasteiger partial charge is 0.269 e. The summed E-state index contributed by atoms with van der Waals surface area (Å²) < 4.78 is 0. The molecule has 0 atom stereocenters. The summed E-state index contributed by atoms with van der Waals surface area (Å²) in [6, 6.07) is 20.5. The van der Waals surface area contributed by atoms with Gasteiger partial charge in [-0.25, -0.2) is 0 Å². The Morgan fingerprint density at radius 1 is 0.875 bits per heavy atom. The highest BCUT2D eigenvalue weighted by atomic mass is 16.6. The second-order valence-electron chi connectivity index (χ2n) is 5.47. The summed E-state index contributed by atoms with van der Waals surface area (Å²) in [4.78, 5) is 14.9. The number of fused-ring (bicyclic) bond motifs is 3. The van der Waals surface area contributed by atoms with Crippen LogP contribution in [0, 0.1) is 10.1 Å². The number of non-ortho nitro benzene ring substituents is 1. The van der Waals surface area contributed by atoms with Crippen LogP contribution in [0.25, 0.3) is 21.7 Å². The third kappa shape index (κ3) is 2.42. The summed E-state index contributed by atoms with van der Waals surface area (Å²) in [5, 5.41) is 17.3. The van der Waals surface area contributed by atoms with Gasteiger partial charge in [-0.05, 0) is 29.7 Å². The Morgan fingerprint density at radius 2 is 1.62 bits per heavy atom. The van der Waals surface area contributed by atoms with Crippen molar-refractivity contribution >= 4 is 38.7 Å². The number of pyridine rings is 1. The van der Waals surface area contributed by atoms with Crippen LogP contribution in [0.5, 0.6) is 0 Å².